The van der Waals surface area contributed by atoms with Crippen LogP contribution in [0.25, 0.3) is 16.9 Å². The van der Waals surface area contributed by atoms with Gasteiger partial charge in [0, 0.05) is 23.4 Å². The molecule has 1 aliphatic rings. The normalized spacial score (nSPS) is 14.3. The largest absolute Gasteiger partial charge is 0.461 e. The Labute approximate surface area is 136 Å². The average Bonchev–Trinajstić information content (AvgIpc) is 3.08. The molecular weight excluding hydrogens is 318 g/mol. The average molecular weight is 332 g/mol. The second-order valence-electron chi connectivity index (χ2n) is 5.44. The molecule has 3 aromatic heterocycles. The molecule has 4 rings (SSSR count). The van der Waals surface area contributed by atoms with Gasteiger partial charge in [-0.1, -0.05) is 11.6 Å². The summed E-state index contributed by atoms with van der Waals surface area (Å²) in [6, 6.07) is 1.71. The number of carbonyl (C=O) groups excluding carboxylic acids is 1. The molecule has 23 heavy (non-hydrogen) atoms. The smallest absolute Gasteiger partial charge is 0.359 e. The summed E-state index contributed by atoms with van der Waals surface area (Å²) < 4.78 is 6.79. The van der Waals surface area contributed by atoms with Gasteiger partial charge in [0.2, 0.25) is 0 Å². The number of aromatic amines is 1. The lowest BCUT2D eigenvalue weighted by molar-refractivity contribution is 0.0518. The highest BCUT2D eigenvalue weighted by Gasteiger charge is 2.35. The minimum Gasteiger partial charge on any atom is -0.461 e. The highest BCUT2D eigenvalue weighted by molar-refractivity contribution is 6.29. The van der Waals surface area contributed by atoms with Gasteiger partial charge in [0.25, 0.3) is 0 Å². The molecule has 118 valence electrons. The van der Waals surface area contributed by atoms with Crippen LogP contribution in [-0.2, 0) is 4.74 Å². The van der Waals surface area contributed by atoms with Crippen LogP contribution in [0.4, 0.5) is 0 Å². The van der Waals surface area contributed by atoms with Gasteiger partial charge in [0.05, 0.1) is 18.5 Å². The molecule has 0 radical (unpaired) electrons. The van der Waals surface area contributed by atoms with Crippen molar-refractivity contribution in [2.45, 2.75) is 25.7 Å². The highest BCUT2D eigenvalue weighted by atomic mass is 35.5. The molecule has 1 aliphatic carbocycles. The third-order valence-corrected chi connectivity index (χ3v) is 4.04. The Hall–Kier alpha value is -2.41. The van der Waals surface area contributed by atoms with Gasteiger partial charge in [0.1, 0.15) is 5.15 Å². The van der Waals surface area contributed by atoms with Gasteiger partial charge in [-0.2, -0.15) is 10.2 Å². The number of fused-ring (bicyclic) bond motifs is 1. The van der Waals surface area contributed by atoms with Gasteiger partial charge in [-0.25, -0.2) is 14.3 Å². The summed E-state index contributed by atoms with van der Waals surface area (Å²) in [5, 5.41) is 11.5. The number of carbonyl (C=O) groups is 1. The lowest BCUT2D eigenvalue weighted by Crippen LogP contribution is -2.08. The first-order valence-corrected chi connectivity index (χ1v) is 7.82. The van der Waals surface area contributed by atoms with Crippen LogP contribution in [0.3, 0.4) is 0 Å². The zero-order chi connectivity index (χ0) is 16.0. The van der Waals surface area contributed by atoms with Crippen molar-refractivity contribution in [2.75, 3.05) is 6.61 Å². The van der Waals surface area contributed by atoms with Crippen LogP contribution in [0.1, 0.15) is 41.7 Å². The molecule has 8 heteroatoms. The monoisotopic (exact) mass is 331 g/mol. The van der Waals surface area contributed by atoms with Gasteiger partial charge in [-0.15, -0.1) is 0 Å². The predicted molar refractivity (Wildman–Crippen MR) is 83.5 cm³/mol. The molecule has 3 aromatic rings. The fourth-order valence-corrected chi connectivity index (χ4v) is 2.88. The molecule has 0 saturated heterocycles. The van der Waals surface area contributed by atoms with Crippen molar-refractivity contribution in [2.24, 2.45) is 0 Å². The molecule has 0 aromatic carbocycles. The maximum absolute atomic E-state index is 12.3. The predicted octanol–water partition coefficient (Wildman–Crippen LogP) is 2.83. The van der Waals surface area contributed by atoms with Crippen LogP contribution >= 0.6 is 11.6 Å². The van der Waals surface area contributed by atoms with E-state index in [4.69, 9.17) is 16.3 Å². The topological polar surface area (TPSA) is 85.2 Å². The number of hydrogen-bond donors (Lipinski definition) is 1. The lowest BCUT2D eigenvalue weighted by Gasteiger charge is -2.03. The standard InChI is InChI=1S/C15H14ClN5O2/c1-2-23-15(22)13-12(8-3-4-8)14-19-11(16)5-10(21(14)20-13)9-6-17-18-7-9/h5-8H,2-4H2,1H3,(H,17,18). The molecular formula is C15H14ClN5O2. The molecule has 0 atom stereocenters. The van der Waals surface area contributed by atoms with Crippen LogP contribution in [0, 0.1) is 0 Å². The number of halogens is 1. The van der Waals surface area contributed by atoms with E-state index in [9.17, 15) is 4.79 Å². The van der Waals surface area contributed by atoms with Crippen molar-refractivity contribution in [1.82, 2.24) is 24.8 Å². The van der Waals surface area contributed by atoms with Crippen LogP contribution in [-0.4, -0.2) is 37.4 Å². The molecule has 7 nitrogen and oxygen atoms in total. The molecule has 1 N–H and O–H groups in total. The Bertz CT molecular complexity index is 883. The number of hydrogen-bond acceptors (Lipinski definition) is 5. The summed E-state index contributed by atoms with van der Waals surface area (Å²) in [5.41, 5.74) is 3.31. The molecule has 0 aliphatic heterocycles. The maximum atomic E-state index is 12.3. The van der Waals surface area contributed by atoms with Crippen molar-refractivity contribution in [3.8, 4) is 11.3 Å². The van der Waals surface area contributed by atoms with E-state index >= 15 is 0 Å². The summed E-state index contributed by atoms with van der Waals surface area (Å²) in [6.45, 7) is 2.08. The van der Waals surface area contributed by atoms with E-state index in [2.05, 4.69) is 20.3 Å². The molecule has 3 heterocycles. The van der Waals surface area contributed by atoms with Crippen molar-refractivity contribution in [1.29, 1.82) is 0 Å². The third-order valence-electron chi connectivity index (χ3n) is 3.84. The first-order valence-electron chi connectivity index (χ1n) is 7.44. The summed E-state index contributed by atoms with van der Waals surface area (Å²) >= 11 is 6.19. The lowest BCUT2D eigenvalue weighted by atomic mass is 10.1. The molecule has 1 saturated carbocycles. The zero-order valence-electron chi connectivity index (χ0n) is 12.4. The molecule has 0 amide bonds. The molecule has 1 fully saturated rings. The fraction of sp³-hybridized carbons (Fsp3) is 0.333. The Morgan fingerprint density at radius 2 is 2.35 bits per heavy atom. The van der Waals surface area contributed by atoms with E-state index in [0.717, 1.165) is 29.7 Å². The van der Waals surface area contributed by atoms with Crippen LogP contribution < -0.4 is 0 Å². The second-order valence-corrected chi connectivity index (χ2v) is 5.83. The number of esters is 1. The van der Waals surface area contributed by atoms with Crippen LogP contribution in [0.2, 0.25) is 5.15 Å². The van der Waals surface area contributed by atoms with Crippen molar-refractivity contribution < 1.29 is 9.53 Å². The molecule has 0 bridgehead atoms. The van der Waals surface area contributed by atoms with E-state index in [1.807, 2.05) is 0 Å². The minimum atomic E-state index is -0.422. The van der Waals surface area contributed by atoms with Crippen molar-refractivity contribution >= 4 is 23.2 Å². The number of aromatic nitrogens is 5. The minimum absolute atomic E-state index is 0.287. The summed E-state index contributed by atoms with van der Waals surface area (Å²) in [7, 11) is 0. The Morgan fingerprint density at radius 3 is 3.00 bits per heavy atom. The van der Waals surface area contributed by atoms with E-state index in [0.29, 0.717) is 23.1 Å². The third kappa shape index (κ3) is 2.37. The number of rotatable bonds is 4. The van der Waals surface area contributed by atoms with Crippen molar-refractivity contribution in [3.63, 3.8) is 0 Å². The van der Waals surface area contributed by atoms with E-state index in [1.165, 1.54) is 0 Å². The Morgan fingerprint density at radius 1 is 1.52 bits per heavy atom. The number of nitrogens with zero attached hydrogens (tertiary/aromatic N) is 4. The van der Waals surface area contributed by atoms with Crippen LogP contribution in [0.5, 0.6) is 0 Å². The highest BCUT2D eigenvalue weighted by Crippen LogP contribution is 2.44. The number of ether oxygens (including phenoxy) is 1. The zero-order valence-corrected chi connectivity index (χ0v) is 13.2. The summed E-state index contributed by atoms with van der Waals surface area (Å²) in [5.74, 6) is -0.135. The van der Waals surface area contributed by atoms with E-state index in [1.54, 1.807) is 29.9 Å². The summed E-state index contributed by atoms with van der Waals surface area (Å²) in [6.07, 6.45) is 5.45. The maximum Gasteiger partial charge on any atom is 0.359 e. The Balaban J connectivity index is 1.99. The van der Waals surface area contributed by atoms with Crippen molar-refractivity contribution in [3.05, 3.63) is 34.9 Å². The fourth-order valence-electron chi connectivity index (χ4n) is 2.70. The molecule has 0 unspecified atom stereocenters. The van der Waals surface area contributed by atoms with Crippen LogP contribution in [0.15, 0.2) is 18.5 Å². The van der Waals surface area contributed by atoms with E-state index < -0.39 is 5.97 Å². The first kappa shape index (κ1) is 14.2. The van der Waals surface area contributed by atoms with Gasteiger partial charge >= 0.3 is 5.97 Å². The second kappa shape index (κ2) is 5.34. The van der Waals surface area contributed by atoms with Gasteiger partial charge in [-0.3, -0.25) is 5.10 Å². The molecule has 0 spiro atoms. The van der Waals surface area contributed by atoms with Gasteiger partial charge in [-0.05, 0) is 25.7 Å². The Kier molecular flexibility index (Phi) is 3.30. The van der Waals surface area contributed by atoms with E-state index in [-0.39, 0.29) is 5.92 Å². The quantitative estimate of drug-likeness (QED) is 0.587. The number of nitrogens with one attached hydrogen (secondary N) is 1. The SMILES string of the molecule is CCOC(=O)c1nn2c(-c3cn[nH]c3)cc(Cl)nc2c1C1CC1. The van der Waals surface area contributed by atoms with Gasteiger partial charge in [0.15, 0.2) is 11.3 Å². The summed E-state index contributed by atoms with van der Waals surface area (Å²) in [4.78, 5) is 16.7. The first-order chi connectivity index (χ1) is 11.2. The van der Waals surface area contributed by atoms with Gasteiger partial charge < -0.3 is 4.74 Å². The number of H-pyrrole nitrogens is 1.